The highest BCUT2D eigenvalue weighted by Gasteiger charge is 2.24. The fourth-order valence-corrected chi connectivity index (χ4v) is 2.10. The molecule has 1 aromatic rings. The van der Waals surface area contributed by atoms with Gasteiger partial charge in [-0.2, -0.15) is 0 Å². The van der Waals surface area contributed by atoms with Crippen molar-refractivity contribution in [1.82, 2.24) is 0 Å². The van der Waals surface area contributed by atoms with Gasteiger partial charge in [-0.15, -0.1) is 0 Å². The van der Waals surface area contributed by atoms with Gasteiger partial charge in [-0.3, -0.25) is 0 Å². The van der Waals surface area contributed by atoms with Crippen LogP contribution in [0.1, 0.15) is 64.7 Å². The summed E-state index contributed by atoms with van der Waals surface area (Å²) in [5.41, 5.74) is 2.96. The Morgan fingerprint density at radius 1 is 1.05 bits per heavy atom. The highest BCUT2D eigenvalue weighted by atomic mass is 16.3. The topological polar surface area (TPSA) is 37.3 Å². The maximum absolute atomic E-state index is 10.6. The van der Waals surface area contributed by atoms with Crippen LogP contribution in [-0.4, -0.2) is 11.4 Å². The van der Waals surface area contributed by atoms with E-state index in [-0.39, 0.29) is 10.8 Å². The van der Waals surface area contributed by atoms with Crippen molar-refractivity contribution in [2.24, 2.45) is 0 Å². The van der Waals surface area contributed by atoms with Crippen LogP contribution < -0.4 is 0 Å². The first-order valence-corrected chi connectivity index (χ1v) is 6.88. The second-order valence-electron chi connectivity index (χ2n) is 7.24. The Hall–Kier alpha value is -1.31. The van der Waals surface area contributed by atoms with Crippen molar-refractivity contribution in [1.29, 1.82) is 0 Å². The highest BCUT2D eigenvalue weighted by molar-refractivity contribution is 5.53. The average molecular weight is 262 g/mol. The molecule has 0 amide bonds. The molecule has 1 aromatic carbocycles. The average Bonchev–Trinajstić information content (AvgIpc) is 2.24. The van der Waals surface area contributed by atoms with Crippen molar-refractivity contribution < 1.29 is 9.90 Å². The summed E-state index contributed by atoms with van der Waals surface area (Å²) in [4.78, 5) is 10.6. The Morgan fingerprint density at radius 2 is 1.63 bits per heavy atom. The minimum absolute atomic E-state index is 0.0314. The Balaban J connectivity index is 3.43. The molecule has 1 rings (SSSR count). The second kappa shape index (κ2) is 5.36. The van der Waals surface area contributed by atoms with E-state index in [9.17, 15) is 9.90 Å². The number of benzene rings is 1. The van der Waals surface area contributed by atoms with Gasteiger partial charge in [0.15, 0.2) is 0 Å². The van der Waals surface area contributed by atoms with Crippen molar-refractivity contribution in [3.05, 3.63) is 28.8 Å². The first-order chi connectivity index (χ1) is 8.57. The first kappa shape index (κ1) is 15.7. The molecule has 0 aliphatic heterocycles. The van der Waals surface area contributed by atoms with Crippen molar-refractivity contribution in [3.63, 3.8) is 0 Å². The molecular formula is C17H26O2. The molecule has 0 aliphatic rings. The van der Waals surface area contributed by atoms with E-state index in [1.165, 1.54) is 5.56 Å². The molecule has 1 N–H and O–H groups in total. The number of carbonyl (C=O) groups excluding carboxylic acids is 1. The number of phenolic OH excluding ortho intramolecular Hbond substituents is 1. The van der Waals surface area contributed by atoms with E-state index in [1.807, 2.05) is 6.07 Å². The minimum Gasteiger partial charge on any atom is -0.507 e. The maximum atomic E-state index is 10.6. The molecule has 0 radical (unpaired) electrons. The molecule has 0 bridgehead atoms. The summed E-state index contributed by atoms with van der Waals surface area (Å²) in [7, 11) is 0. The van der Waals surface area contributed by atoms with Crippen LogP contribution in [0.3, 0.4) is 0 Å². The predicted octanol–water partition coefficient (Wildman–Crippen LogP) is 4.12. The molecule has 0 unspecified atom stereocenters. The number of carbonyl (C=O) groups is 1. The molecule has 0 aliphatic carbocycles. The largest absolute Gasteiger partial charge is 0.507 e. The third-order valence-corrected chi connectivity index (χ3v) is 3.39. The molecule has 0 atom stereocenters. The summed E-state index contributed by atoms with van der Waals surface area (Å²) in [5.74, 6) is 0.349. The standard InChI is InChI=1S/C17H26O2/c1-16(2,3)13-10-12(8-7-9-18)15(19)14(11-13)17(4,5)6/h9-11,19H,7-8H2,1-6H3. The normalized spacial score (nSPS) is 12.5. The number of phenols is 1. The Bertz CT molecular complexity index is 459. The number of aldehydes is 1. The van der Waals surface area contributed by atoms with Crippen molar-refractivity contribution in [3.8, 4) is 5.75 Å². The lowest BCUT2D eigenvalue weighted by Gasteiger charge is -2.27. The molecule has 0 aromatic heterocycles. The Labute approximate surface area is 116 Å². The molecule has 0 fully saturated rings. The van der Waals surface area contributed by atoms with Crippen LogP contribution in [0.25, 0.3) is 0 Å². The van der Waals surface area contributed by atoms with Crippen LogP contribution in [-0.2, 0) is 22.0 Å². The predicted molar refractivity (Wildman–Crippen MR) is 79.9 cm³/mol. The number of aromatic hydroxyl groups is 1. The molecule has 106 valence electrons. The molecular weight excluding hydrogens is 236 g/mol. The molecule has 0 saturated heterocycles. The molecule has 2 nitrogen and oxygen atoms in total. The summed E-state index contributed by atoms with van der Waals surface area (Å²) in [6, 6.07) is 4.13. The van der Waals surface area contributed by atoms with Crippen molar-refractivity contribution in [2.45, 2.75) is 65.2 Å². The Kier molecular flexibility index (Phi) is 4.44. The summed E-state index contributed by atoms with van der Waals surface area (Å²) in [5, 5.41) is 10.4. The van der Waals surface area contributed by atoms with E-state index in [0.717, 1.165) is 17.4 Å². The van der Waals surface area contributed by atoms with Crippen LogP contribution >= 0.6 is 0 Å². The molecule has 0 spiro atoms. The van der Waals surface area contributed by atoms with Gasteiger partial charge in [-0.05, 0) is 33.9 Å². The van der Waals surface area contributed by atoms with Gasteiger partial charge in [0.25, 0.3) is 0 Å². The van der Waals surface area contributed by atoms with Crippen LogP contribution in [0.2, 0.25) is 0 Å². The van der Waals surface area contributed by atoms with Crippen LogP contribution in [0.5, 0.6) is 5.75 Å². The van der Waals surface area contributed by atoms with Gasteiger partial charge < -0.3 is 9.90 Å². The van der Waals surface area contributed by atoms with E-state index in [4.69, 9.17) is 0 Å². The quantitative estimate of drug-likeness (QED) is 0.832. The monoisotopic (exact) mass is 262 g/mol. The maximum Gasteiger partial charge on any atom is 0.122 e. The van der Waals surface area contributed by atoms with Crippen molar-refractivity contribution in [2.75, 3.05) is 0 Å². The van der Waals surface area contributed by atoms with E-state index >= 15 is 0 Å². The van der Waals surface area contributed by atoms with Crippen LogP contribution in [0, 0.1) is 0 Å². The summed E-state index contributed by atoms with van der Waals surface area (Å²) < 4.78 is 0. The second-order valence-corrected chi connectivity index (χ2v) is 7.24. The number of hydrogen-bond donors (Lipinski definition) is 1. The SMILES string of the molecule is CC(C)(C)c1cc(CCC=O)c(O)c(C(C)(C)C)c1. The van der Waals surface area contributed by atoms with Gasteiger partial charge in [0.2, 0.25) is 0 Å². The zero-order valence-electron chi connectivity index (χ0n) is 13.0. The highest BCUT2D eigenvalue weighted by Crippen LogP contribution is 2.37. The van der Waals surface area contributed by atoms with E-state index in [0.29, 0.717) is 18.6 Å². The Morgan fingerprint density at radius 3 is 2.05 bits per heavy atom. The van der Waals surface area contributed by atoms with Gasteiger partial charge in [-0.25, -0.2) is 0 Å². The van der Waals surface area contributed by atoms with E-state index in [2.05, 4.69) is 47.6 Å². The van der Waals surface area contributed by atoms with Crippen LogP contribution in [0.4, 0.5) is 0 Å². The summed E-state index contributed by atoms with van der Waals surface area (Å²) in [6.45, 7) is 12.8. The minimum atomic E-state index is -0.110. The van der Waals surface area contributed by atoms with Gasteiger partial charge in [0.1, 0.15) is 12.0 Å². The summed E-state index contributed by atoms with van der Waals surface area (Å²) in [6.07, 6.45) is 1.95. The van der Waals surface area contributed by atoms with E-state index < -0.39 is 0 Å². The lowest BCUT2D eigenvalue weighted by molar-refractivity contribution is -0.107. The zero-order valence-corrected chi connectivity index (χ0v) is 13.0. The third-order valence-electron chi connectivity index (χ3n) is 3.39. The number of aryl methyl sites for hydroxylation is 1. The van der Waals surface area contributed by atoms with Gasteiger partial charge in [0.05, 0.1) is 0 Å². The zero-order chi connectivity index (χ0) is 14.8. The fourth-order valence-electron chi connectivity index (χ4n) is 2.10. The molecule has 0 saturated carbocycles. The fraction of sp³-hybridized carbons (Fsp3) is 0.588. The lowest BCUT2D eigenvalue weighted by atomic mass is 9.78. The van der Waals surface area contributed by atoms with E-state index in [1.54, 1.807) is 0 Å². The first-order valence-electron chi connectivity index (χ1n) is 6.88. The van der Waals surface area contributed by atoms with Gasteiger partial charge in [-0.1, -0.05) is 53.7 Å². The smallest absolute Gasteiger partial charge is 0.122 e. The molecule has 0 heterocycles. The molecule has 2 heteroatoms. The number of hydrogen-bond acceptors (Lipinski definition) is 2. The molecule has 19 heavy (non-hydrogen) atoms. The number of rotatable bonds is 3. The van der Waals surface area contributed by atoms with Gasteiger partial charge in [0, 0.05) is 6.42 Å². The van der Waals surface area contributed by atoms with Crippen molar-refractivity contribution >= 4 is 6.29 Å². The summed E-state index contributed by atoms with van der Waals surface area (Å²) >= 11 is 0. The third kappa shape index (κ3) is 3.82. The lowest BCUT2D eigenvalue weighted by Crippen LogP contribution is -2.17. The van der Waals surface area contributed by atoms with Gasteiger partial charge >= 0.3 is 0 Å². The van der Waals surface area contributed by atoms with Crippen LogP contribution in [0.15, 0.2) is 12.1 Å².